The lowest BCUT2D eigenvalue weighted by Gasteiger charge is -2.39. The number of benzene rings is 2. The van der Waals surface area contributed by atoms with Crippen molar-refractivity contribution < 1.29 is 0 Å². The predicted octanol–water partition coefficient (Wildman–Crippen LogP) is 17.3. The number of aromatic nitrogens is 2. The molecule has 0 saturated carbocycles. The molecular weight excluding hydrogens is 665 g/mol. The van der Waals surface area contributed by atoms with Gasteiger partial charge in [0.25, 0.3) is 0 Å². The molecule has 0 aliphatic heterocycles. The zero-order chi connectivity index (χ0) is 38.9. The largest absolute Gasteiger partial charge is 0.335 e. The summed E-state index contributed by atoms with van der Waals surface area (Å²) in [6.07, 6.45) is 48.9. The summed E-state index contributed by atoms with van der Waals surface area (Å²) in [5.74, 6) is 1.70. The molecule has 0 N–H and O–H groups in total. The van der Waals surface area contributed by atoms with E-state index in [0.29, 0.717) is 5.92 Å². The third kappa shape index (κ3) is 20.6. The Morgan fingerprint density at radius 3 is 1.29 bits per heavy atom. The van der Waals surface area contributed by atoms with Crippen LogP contribution in [0.15, 0.2) is 73.1 Å². The van der Waals surface area contributed by atoms with Gasteiger partial charge < -0.3 is 4.57 Å². The van der Waals surface area contributed by atoms with Gasteiger partial charge in [-0.3, -0.25) is 0 Å². The predicted molar refractivity (Wildman–Crippen MR) is 243 cm³/mol. The van der Waals surface area contributed by atoms with E-state index < -0.39 is 0 Å². The summed E-state index contributed by atoms with van der Waals surface area (Å²) >= 11 is 0. The Bertz CT molecular complexity index is 1250. The van der Waals surface area contributed by atoms with Crippen molar-refractivity contribution in [1.29, 1.82) is 0 Å². The second kappa shape index (κ2) is 31.7. The zero-order valence-electron chi connectivity index (χ0n) is 36.7. The minimum absolute atomic E-state index is 0.0310. The van der Waals surface area contributed by atoms with Crippen molar-refractivity contribution in [3.05, 3.63) is 90.0 Å². The van der Waals surface area contributed by atoms with E-state index in [1.54, 1.807) is 0 Å². The van der Waals surface area contributed by atoms with Crippen LogP contribution in [-0.2, 0) is 18.4 Å². The maximum absolute atomic E-state index is 5.19. The summed E-state index contributed by atoms with van der Waals surface area (Å²) in [5, 5.41) is 0. The van der Waals surface area contributed by atoms with Crippen LogP contribution < -0.4 is 0 Å². The molecule has 0 fully saturated rings. The minimum Gasteiger partial charge on any atom is -0.335 e. The lowest BCUT2D eigenvalue weighted by atomic mass is 9.66. The van der Waals surface area contributed by atoms with E-state index in [9.17, 15) is 0 Å². The monoisotopic (exact) mass is 753 g/mol. The third-order valence-electron chi connectivity index (χ3n) is 12.8. The van der Waals surface area contributed by atoms with Gasteiger partial charge in [-0.1, -0.05) is 268 Å². The first-order chi connectivity index (χ1) is 27.2. The molecular formula is C53H88N2. The number of imidazole rings is 1. The van der Waals surface area contributed by atoms with Crippen LogP contribution in [0, 0.1) is 0 Å². The van der Waals surface area contributed by atoms with E-state index in [2.05, 4.69) is 98.4 Å². The van der Waals surface area contributed by atoms with E-state index in [1.165, 1.54) is 216 Å². The maximum Gasteiger partial charge on any atom is 0.112 e. The molecule has 0 bridgehead atoms. The van der Waals surface area contributed by atoms with Gasteiger partial charge in [-0.15, -0.1) is 0 Å². The fraction of sp³-hybridized carbons (Fsp3) is 0.717. The van der Waals surface area contributed by atoms with E-state index >= 15 is 0 Å². The van der Waals surface area contributed by atoms with Crippen LogP contribution in [0.1, 0.15) is 243 Å². The first-order valence-electron chi connectivity index (χ1n) is 24.3. The van der Waals surface area contributed by atoms with E-state index in [1.807, 2.05) is 0 Å². The van der Waals surface area contributed by atoms with Gasteiger partial charge >= 0.3 is 0 Å². The van der Waals surface area contributed by atoms with Gasteiger partial charge in [0.2, 0.25) is 0 Å². The van der Waals surface area contributed by atoms with Crippen LogP contribution in [-0.4, -0.2) is 9.55 Å². The molecule has 0 aliphatic carbocycles. The summed E-state index contributed by atoms with van der Waals surface area (Å²) in [7, 11) is 0. The molecule has 2 atom stereocenters. The second-order valence-corrected chi connectivity index (χ2v) is 17.7. The average molecular weight is 753 g/mol. The third-order valence-corrected chi connectivity index (χ3v) is 12.8. The highest BCUT2D eigenvalue weighted by Crippen LogP contribution is 2.44. The Morgan fingerprint density at radius 2 is 0.855 bits per heavy atom. The van der Waals surface area contributed by atoms with Crippen LogP contribution in [0.25, 0.3) is 0 Å². The molecule has 0 radical (unpaired) electrons. The summed E-state index contributed by atoms with van der Waals surface area (Å²) in [6, 6.07) is 22.6. The van der Waals surface area contributed by atoms with Gasteiger partial charge in [-0.25, -0.2) is 4.98 Å². The SMILES string of the molecule is CCCCCCCCCCCCCCCCCCCC(c1nccn1CCCCCCCCCCCCCCC)C(C)(Cc1ccccc1)c1ccccc1. The standard InChI is InChI=1S/C53H88N2/c1-4-6-8-10-12-14-16-18-19-20-21-22-24-26-28-30-38-44-51(53(3,50-42-36-33-37-43-50)48-49-40-34-32-35-41-49)52-54-45-47-55(52)46-39-31-29-27-25-23-17-15-13-11-9-7-5-2/h32-37,40-43,45,47,51H,4-31,38-39,44,46,48H2,1-3H3. The van der Waals surface area contributed by atoms with Crippen LogP contribution in [0.3, 0.4) is 0 Å². The molecule has 2 unspecified atom stereocenters. The Kier molecular flexibility index (Phi) is 27.1. The van der Waals surface area contributed by atoms with Crippen LogP contribution in [0.5, 0.6) is 0 Å². The molecule has 2 heteroatoms. The molecule has 1 heterocycles. The molecule has 0 saturated heterocycles. The highest BCUT2D eigenvalue weighted by Gasteiger charge is 2.39. The molecule has 2 nitrogen and oxygen atoms in total. The van der Waals surface area contributed by atoms with E-state index in [4.69, 9.17) is 4.98 Å². The zero-order valence-corrected chi connectivity index (χ0v) is 36.7. The van der Waals surface area contributed by atoms with E-state index in [0.717, 1.165) is 13.0 Å². The Labute approximate surface area is 342 Å². The summed E-state index contributed by atoms with van der Waals surface area (Å²) < 4.78 is 2.54. The molecule has 2 aromatic carbocycles. The van der Waals surface area contributed by atoms with E-state index in [-0.39, 0.29) is 5.41 Å². The van der Waals surface area contributed by atoms with Crippen molar-refractivity contribution in [3.63, 3.8) is 0 Å². The van der Waals surface area contributed by atoms with Gasteiger partial charge in [0.1, 0.15) is 5.82 Å². The van der Waals surface area contributed by atoms with Crippen molar-refractivity contribution in [2.24, 2.45) is 0 Å². The lowest BCUT2D eigenvalue weighted by molar-refractivity contribution is 0.321. The Hall–Kier alpha value is -2.35. The van der Waals surface area contributed by atoms with Crippen LogP contribution in [0.4, 0.5) is 0 Å². The smallest absolute Gasteiger partial charge is 0.112 e. The topological polar surface area (TPSA) is 17.8 Å². The summed E-state index contributed by atoms with van der Waals surface area (Å²) in [6.45, 7) is 8.25. The van der Waals surface area contributed by atoms with Gasteiger partial charge in [0, 0.05) is 30.3 Å². The van der Waals surface area contributed by atoms with Gasteiger partial charge in [-0.2, -0.15) is 0 Å². The number of rotatable bonds is 37. The molecule has 3 aromatic rings. The minimum atomic E-state index is -0.0310. The van der Waals surface area contributed by atoms with Crippen LogP contribution >= 0.6 is 0 Å². The fourth-order valence-corrected chi connectivity index (χ4v) is 9.19. The Morgan fingerprint density at radius 1 is 0.473 bits per heavy atom. The fourth-order valence-electron chi connectivity index (χ4n) is 9.19. The molecule has 0 aliphatic rings. The molecule has 55 heavy (non-hydrogen) atoms. The number of hydrogen-bond donors (Lipinski definition) is 0. The molecule has 3 rings (SSSR count). The molecule has 0 amide bonds. The molecule has 0 spiro atoms. The first kappa shape index (κ1) is 47.0. The Balaban J connectivity index is 1.47. The summed E-state index contributed by atoms with van der Waals surface area (Å²) in [4.78, 5) is 5.19. The van der Waals surface area contributed by atoms with Crippen LogP contribution in [0.2, 0.25) is 0 Å². The highest BCUT2D eigenvalue weighted by atomic mass is 15.1. The van der Waals surface area contributed by atoms with Crippen molar-refractivity contribution >= 4 is 0 Å². The van der Waals surface area contributed by atoms with Crippen molar-refractivity contribution in [2.75, 3.05) is 0 Å². The molecule has 310 valence electrons. The number of nitrogens with zero attached hydrogens (tertiary/aromatic N) is 2. The quantitative estimate of drug-likeness (QED) is 0.0536. The number of aryl methyl sites for hydroxylation is 1. The average Bonchev–Trinajstić information content (AvgIpc) is 3.67. The van der Waals surface area contributed by atoms with Crippen molar-refractivity contribution in [3.8, 4) is 0 Å². The lowest BCUT2D eigenvalue weighted by Crippen LogP contribution is -2.35. The normalized spacial score (nSPS) is 13.3. The molecule has 1 aromatic heterocycles. The van der Waals surface area contributed by atoms with Gasteiger partial charge in [-0.05, 0) is 30.4 Å². The number of hydrogen-bond acceptors (Lipinski definition) is 1. The first-order valence-corrected chi connectivity index (χ1v) is 24.3. The van der Waals surface area contributed by atoms with Crippen molar-refractivity contribution in [1.82, 2.24) is 9.55 Å². The second-order valence-electron chi connectivity index (χ2n) is 17.7. The van der Waals surface area contributed by atoms with Gasteiger partial charge in [0.05, 0.1) is 0 Å². The highest BCUT2D eigenvalue weighted by molar-refractivity contribution is 5.33. The number of unbranched alkanes of at least 4 members (excludes halogenated alkanes) is 28. The summed E-state index contributed by atoms with van der Waals surface area (Å²) in [5.41, 5.74) is 2.85. The van der Waals surface area contributed by atoms with Crippen molar-refractivity contribution in [2.45, 2.75) is 244 Å². The van der Waals surface area contributed by atoms with Gasteiger partial charge in [0.15, 0.2) is 0 Å². The maximum atomic E-state index is 5.19.